The molecule has 3 aromatic rings. The van der Waals surface area contributed by atoms with Crippen LogP contribution in [0.15, 0.2) is 47.3 Å². The predicted molar refractivity (Wildman–Crippen MR) is 143 cm³/mol. The number of hydrogen-bond donors (Lipinski definition) is 1. The molecule has 1 aliphatic rings. The van der Waals surface area contributed by atoms with Gasteiger partial charge in [0.05, 0.1) is 22.7 Å². The van der Waals surface area contributed by atoms with Crippen LogP contribution in [0.4, 0.5) is 13.2 Å². The summed E-state index contributed by atoms with van der Waals surface area (Å²) in [6, 6.07) is 11.6. The lowest BCUT2D eigenvalue weighted by Gasteiger charge is -2.32. The van der Waals surface area contributed by atoms with E-state index >= 15 is 0 Å². The number of likely N-dealkylation sites (tertiary alicyclic amines) is 1. The Kier molecular flexibility index (Phi) is 8.64. The summed E-state index contributed by atoms with van der Waals surface area (Å²) in [5, 5.41) is 0. The molecule has 214 valence electrons. The fourth-order valence-electron chi connectivity index (χ4n) is 4.69. The Balaban J connectivity index is 1.55. The highest BCUT2D eigenvalue weighted by molar-refractivity contribution is 7.16. The first-order valence-corrected chi connectivity index (χ1v) is 13.3. The Morgan fingerprint density at radius 3 is 2.60 bits per heavy atom. The summed E-state index contributed by atoms with van der Waals surface area (Å²) < 4.78 is 43.4. The maximum atomic E-state index is 13.5. The molecule has 40 heavy (non-hydrogen) atoms. The van der Waals surface area contributed by atoms with Crippen molar-refractivity contribution in [1.82, 2.24) is 19.7 Å². The van der Waals surface area contributed by atoms with Crippen LogP contribution in [-0.4, -0.2) is 90.5 Å². The van der Waals surface area contributed by atoms with Gasteiger partial charge in [0.15, 0.2) is 0 Å². The normalized spacial score (nSPS) is 16.6. The highest BCUT2D eigenvalue weighted by atomic mass is 32.1. The van der Waals surface area contributed by atoms with Crippen molar-refractivity contribution in [3.05, 3.63) is 68.8 Å². The molecule has 0 saturated carbocycles. The number of hydrogen-bond acceptors (Lipinski definition) is 7. The smallest absolute Gasteiger partial charge is 0.454 e. The van der Waals surface area contributed by atoms with Crippen molar-refractivity contribution in [1.29, 1.82) is 0 Å². The minimum Gasteiger partial charge on any atom is -0.454 e. The van der Waals surface area contributed by atoms with E-state index in [2.05, 4.69) is 9.72 Å². The molecule has 4 rings (SSSR count). The van der Waals surface area contributed by atoms with Crippen LogP contribution >= 0.6 is 11.3 Å². The van der Waals surface area contributed by atoms with Gasteiger partial charge < -0.3 is 19.5 Å². The molecule has 2 aromatic carbocycles. The van der Waals surface area contributed by atoms with Crippen LogP contribution in [-0.2, 0) is 20.7 Å². The number of carbonyl (C=O) groups excluding carboxylic acids is 3. The number of likely N-dealkylation sites (N-methyl/N-ethyl adjacent to an activating group) is 1. The van der Waals surface area contributed by atoms with Crippen molar-refractivity contribution in [2.24, 2.45) is 0 Å². The van der Waals surface area contributed by atoms with Crippen LogP contribution in [0.5, 0.6) is 0 Å². The summed E-state index contributed by atoms with van der Waals surface area (Å²) in [6.45, 7) is 0.699. The summed E-state index contributed by atoms with van der Waals surface area (Å²) >= 11 is 1.08. The maximum absolute atomic E-state index is 13.5. The number of amides is 2. The van der Waals surface area contributed by atoms with Crippen LogP contribution in [0.1, 0.15) is 33.9 Å². The lowest BCUT2D eigenvalue weighted by atomic mass is 10.0. The van der Waals surface area contributed by atoms with Gasteiger partial charge in [-0.05, 0) is 41.8 Å². The highest BCUT2D eigenvalue weighted by Gasteiger charge is 2.43. The molecule has 13 heteroatoms. The number of fused-ring (bicyclic) bond motifs is 1. The number of aromatic nitrogens is 1. The number of ether oxygens (including phenoxy) is 1. The number of H-pyrrole nitrogens is 1. The zero-order valence-electron chi connectivity index (χ0n) is 22.2. The second-order valence-electron chi connectivity index (χ2n) is 9.94. The van der Waals surface area contributed by atoms with Crippen LogP contribution in [0.3, 0.4) is 0 Å². The molecule has 0 bridgehead atoms. The SMILES string of the molecule is CN(C)C(=O)c1cccc([C@@H](CN2CC[C@H](OC(=O)C(F)(F)F)C2)N(C)C(=O)Cc2ccc3sc(=O)[nH]c3c2)c1. The topological polar surface area (TPSA) is 103 Å². The van der Waals surface area contributed by atoms with Gasteiger partial charge in [0.1, 0.15) is 6.10 Å². The van der Waals surface area contributed by atoms with Crippen molar-refractivity contribution < 1.29 is 32.3 Å². The van der Waals surface area contributed by atoms with Gasteiger partial charge >= 0.3 is 17.0 Å². The van der Waals surface area contributed by atoms with Gasteiger partial charge in [-0.1, -0.05) is 29.5 Å². The monoisotopic (exact) mass is 578 g/mol. The number of benzene rings is 2. The number of nitrogens with one attached hydrogen (secondary N) is 1. The number of esters is 1. The zero-order chi connectivity index (χ0) is 29.2. The molecule has 2 atom stereocenters. The second kappa shape index (κ2) is 11.8. The summed E-state index contributed by atoms with van der Waals surface area (Å²) in [5.74, 6) is -2.67. The number of thiazole rings is 1. The lowest BCUT2D eigenvalue weighted by molar-refractivity contribution is -0.204. The van der Waals surface area contributed by atoms with Gasteiger partial charge in [-0.15, -0.1) is 0 Å². The van der Waals surface area contributed by atoms with Gasteiger partial charge in [-0.3, -0.25) is 19.3 Å². The van der Waals surface area contributed by atoms with Crippen LogP contribution in [0, 0.1) is 0 Å². The van der Waals surface area contributed by atoms with E-state index in [-0.39, 0.29) is 42.6 Å². The number of aromatic amines is 1. The number of alkyl halides is 3. The molecule has 1 aromatic heterocycles. The summed E-state index contributed by atoms with van der Waals surface area (Å²) in [4.78, 5) is 56.4. The summed E-state index contributed by atoms with van der Waals surface area (Å²) in [7, 11) is 4.90. The molecule has 1 N–H and O–H groups in total. The van der Waals surface area contributed by atoms with E-state index in [1.165, 1.54) is 4.90 Å². The zero-order valence-corrected chi connectivity index (χ0v) is 23.0. The molecule has 1 saturated heterocycles. The molecule has 0 spiro atoms. The summed E-state index contributed by atoms with van der Waals surface area (Å²) in [5.41, 5.74) is 2.45. The van der Waals surface area contributed by atoms with Gasteiger partial charge in [-0.2, -0.15) is 13.2 Å². The first-order valence-electron chi connectivity index (χ1n) is 12.5. The van der Waals surface area contributed by atoms with Crippen molar-refractivity contribution in [3.63, 3.8) is 0 Å². The Labute approximate surface area is 232 Å². The Hall–Kier alpha value is -3.71. The third kappa shape index (κ3) is 6.89. The van der Waals surface area contributed by atoms with E-state index in [1.807, 2.05) is 4.90 Å². The number of nitrogens with zero attached hydrogens (tertiary/aromatic N) is 3. The molecular weight excluding hydrogens is 549 g/mol. The molecule has 1 fully saturated rings. The second-order valence-corrected chi connectivity index (χ2v) is 11.0. The van der Waals surface area contributed by atoms with Crippen molar-refractivity contribution in [2.45, 2.75) is 31.2 Å². The minimum absolute atomic E-state index is 0.0446. The van der Waals surface area contributed by atoms with E-state index in [9.17, 15) is 32.3 Å². The Bertz CT molecular complexity index is 1470. The minimum atomic E-state index is -5.07. The third-order valence-electron chi connectivity index (χ3n) is 6.79. The van der Waals surface area contributed by atoms with Gasteiger partial charge in [0.2, 0.25) is 5.91 Å². The predicted octanol–water partition coefficient (Wildman–Crippen LogP) is 3.21. The fraction of sp³-hybridized carbons (Fsp3) is 0.407. The molecule has 0 unspecified atom stereocenters. The Morgan fingerprint density at radius 1 is 1.15 bits per heavy atom. The fourth-order valence-corrected chi connectivity index (χ4v) is 5.41. The average Bonchev–Trinajstić information content (AvgIpc) is 3.50. The van der Waals surface area contributed by atoms with Crippen LogP contribution in [0.2, 0.25) is 0 Å². The standard InChI is InChI=1S/C27H29F3N4O5S/c1-32(2)24(36)18-6-4-5-17(13-18)21(15-34-10-9-19(14-34)39-25(37)27(28,29)30)33(3)23(35)12-16-7-8-22-20(11-16)31-26(38)40-22/h4-8,11,13,19,21H,9-10,12,14-15H2,1-3H3,(H,31,38)/t19-,21+/m0/s1. The Morgan fingerprint density at radius 2 is 1.90 bits per heavy atom. The van der Waals surface area contributed by atoms with Crippen LogP contribution in [0.25, 0.3) is 10.2 Å². The first-order chi connectivity index (χ1) is 18.8. The van der Waals surface area contributed by atoms with Crippen molar-refractivity contribution >= 4 is 39.3 Å². The lowest BCUT2D eigenvalue weighted by Crippen LogP contribution is -2.40. The molecule has 2 heterocycles. The largest absolute Gasteiger partial charge is 0.490 e. The quantitative estimate of drug-likeness (QED) is 0.412. The average molecular weight is 579 g/mol. The van der Waals surface area contributed by atoms with E-state index < -0.39 is 24.3 Å². The van der Waals surface area contributed by atoms with Crippen molar-refractivity contribution in [3.8, 4) is 0 Å². The summed E-state index contributed by atoms with van der Waals surface area (Å²) in [6.07, 6.45) is -5.72. The van der Waals surface area contributed by atoms with E-state index in [4.69, 9.17) is 0 Å². The molecule has 0 aliphatic carbocycles. The van der Waals surface area contributed by atoms with Crippen LogP contribution < -0.4 is 4.87 Å². The molecule has 9 nitrogen and oxygen atoms in total. The first kappa shape index (κ1) is 29.3. The number of rotatable bonds is 8. The molecule has 2 amide bonds. The van der Waals surface area contributed by atoms with E-state index in [0.29, 0.717) is 28.8 Å². The maximum Gasteiger partial charge on any atom is 0.490 e. The molecule has 0 radical (unpaired) electrons. The van der Waals surface area contributed by atoms with Crippen molar-refractivity contribution in [2.75, 3.05) is 40.8 Å². The van der Waals surface area contributed by atoms with E-state index in [1.54, 1.807) is 68.5 Å². The van der Waals surface area contributed by atoms with Gasteiger partial charge in [-0.25, -0.2) is 4.79 Å². The number of halogens is 3. The number of carbonyl (C=O) groups is 3. The van der Waals surface area contributed by atoms with Gasteiger partial charge in [0, 0.05) is 46.3 Å². The third-order valence-corrected chi connectivity index (χ3v) is 7.65. The molecular formula is C27H29F3N4O5S. The van der Waals surface area contributed by atoms with Gasteiger partial charge in [0.25, 0.3) is 5.91 Å². The highest BCUT2D eigenvalue weighted by Crippen LogP contribution is 2.27. The van der Waals surface area contributed by atoms with E-state index in [0.717, 1.165) is 16.0 Å². The molecule has 1 aliphatic heterocycles.